The Labute approximate surface area is 228 Å². The average molecular weight is 520 g/mol. The van der Waals surface area contributed by atoms with E-state index in [-0.39, 0.29) is 17.5 Å². The van der Waals surface area contributed by atoms with E-state index in [1.165, 1.54) is 32.1 Å². The second-order valence-corrected chi connectivity index (χ2v) is 10.4. The van der Waals surface area contributed by atoms with Gasteiger partial charge in [-0.25, -0.2) is 4.98 Å². The summed E-state index contributed by atoms with van der Waals surface area (Å²) >= 11 is 0. The molecule has 206 valence electrons. The fourth-order valence-corrected chi connectivity index (χ4v) is 4.97. The Morgan fingerprint density at radius 3 is 2.39 bits per heavy atom. The van der Waals surface area contributed by atoms with Crippen LogP contribution < -0.4 is 5.56 Å². The standard InChI is InChI=1S/C32H45N3O3/c1-6-7-8-9-10-11-12-18-30(36)34(21-15-22-38-5)26(4)31-33-29-17-14-13-16-28(29)32(37)35(31)27-20-19-24(2)25(3)23-27/h13-14,16-17,19-20,23,26H,6-12,15,18,21-22H2,1-5H3. The Kier molecular flexibility index (Phi) is 11.5. The number of aryl methyl sites for hydroxylation is 2. The highest BCUT2D eigenvalue weighted by Gasteiger charge is 2.26. The molecule has 6 heteroatoms. The summed E-state index contributed by atoms with van der Waals surface area (Å²) in [7, 11) is 1.68. The van der Waals surface area contributed by atoms with Crippen molar-refractivity contribution in [2.24, 2.45) is 0 Å². The van der Waals surface area contributed by atoms with Crippen LogP contribution in [0.3, 0.4) is 0 Å². The van der Waals surface area contributed by atoms with Gasteiger partial charge in [-0.05, 0) is 69.0 Å². The molecule has 0 N–H and O–H groups in total. The number of para-hydroxylation sites is 1. The maximum Gasteiger partial charge on any atom is 0.266 e. The van der Waals surface area contributed by atoms with Gasteiger partial charge in [0, 0.05) is 26.7 Å². The lowest BCUT2D eigenvalue weighted by Gasteiger charge is -2.31. The van der Waals surface area contributed by atoms with Gasteiger partial charge in [0.1, 0.15) is 5.82 Å². The van der Waals surface area contributed by atoms with E-state index in [2.05, 4.69) is 13.8 Å². The molecule has 2 aromatic carbocycles. The van der Waals surface area contributed by atoms with Crippen molar-refractivity contribution in [3.05, 3.63) is 69.8 Å². The second-order valence-electron chi connectivity index (χ2n) is 10.4. The van der Waals surface area contributed by atoms with Crippen molar-refractivity contribution < 1.29 is 9.53 Å². The van der Waals surface area contributed by atoms with Crippen molar-refractivity contribution in [3.8, 4) is 5.69 Å². The van der Waals surface area contributed by atoms with Gasteiger partial charge in [-0.15, -0.1) is 0 Å². The molecule has 0 fully saturated rings. The Morgan fingerprint density at radius 1 is 0.974 bits per heavy atom. The molecule has 38 heavy (non-hydrogen) atoms. The Bertz CT molecular complexity index is 1250. The molecule has 1 aromatic heterocycles. The molecule has 0 bridgehead atoms. The number of hydrogen-bond acceptors (Lipinski definition) is 4. The van der Waals surface area contributed by atoms with Gasteiger partial charge in [0.25, 0.3) is 5.56 Å². The Balaban J connectivity index is 1.95. The van der Waals surface area contributed by atoms with Crippen LogP contribution in [0.1, 0.15) is 94.6 Å². The number of amides is 1. The van der Waals surface area contributed by atoms with Crippen molar-refractivity contribution in [2.45, 2.75) is 91.5 Å². The lowest BCUT2D eigenvalue weighted by Crippen LogP contribution is -2.38. The lowest BCUT2D eigenvalue weighted by molar-refractivity contribution is -0.134. The van der Waals surface area contributed by atoms with Crippen molar-refractivity contribution in [2.75, 3.05) is 20.3 Å². The van der Waals surface area contributed by atoms with Gasteiger partial charge in [-0.3, -0.25) is 14.2 Å². The van der Waals surface area contributed by atoms with E-state index in [4.69, 9.17) is 9.72 Å². The number of methoxy groups -OCH3 is 1. The number of benzene rings is 2. The molecule has 6 nitrogen and oxygen atoms in total. The van der Waals surface area contributed by atoms with Gasteiger partial charge in [0.05, 0.1) is 22.6 Å². The number of aromatic nitrogens is 2. The number of unbranched alkanes of at least 4 members (excludes halogenated alkanes) is 6. The van der Waals surface area contributed by atoms with Crippen LogP contribution in [0, 0.1) is 13.8 Å². The quantitative estimate of drug-likeness (QED) is 0.201. The third kappa shape index (κ3) is 7.53. The van der Waals surface area contributed by atoms with E-state index in [0.29, 0.717) is 36.3 Å². The van der Waals surface area contributed by atoms with E-state index in [9.17, 15) is 9.59 Å². The van der Waals surface area contributed by atoms with Gasteiger partial charge >= 0.3 is 0 Å². The molecule has 0 aliphatic heterocycles. The largest absolute Gasteiger partial charge is 0.385 e. The van der Waals surface area contributed by atoms with Crippen LogP contribution in [0.4, 0.5) is 0 Å². The van der Waals surface area contributed by atoms with Crippen LogP contribution in [0.5, 0.6) is 0 Å². The first kappa shape index (κ1) is 29.6. The van der Waals surface area contributed by atoms with Gasteiger partial charge in [-0.2, -0.15) is 0 Å². The van der Waals surface area contributed by atoms with E-state index >= 15 is 0 Å². The summed E-state index contributed by atoms with van der Waals surface area (Å²) < 4.78 is 6.99. The minimum Gasteiger partial charge on any atom is -0.385 e. The number of fused-ring (bicyclic) bond motifs is 1. The number of nitrogens with zero attached hydrogens (tertiary/aromatic N) is 3. The second kappa shape index (κ2) is 14.8. The number of hydrogen-bond donors (Lipinski definition) is 0. The molecule has 3 rings (SSSR count). The van der Waals surface area contributed by atoms with Crippen LogP contribution in [0.25, 0.3) is 16.6 Å². The molecule has 0 aliphatic rings. The van der Waals surface area contributed by atoms with Crippen molar-refractivity contribution in [1.29, 1.82) is 0 Å². The maximum absolute atomic E-state index is 13.8. The topological polar surface area (TPSA) is 64.4 Å². The molecule has 0 radical (unpaired) electrons. The Morgan fingerprint density at radius 2 is 1.68 bits per heavy atom. The van der Waals surface area contributed by atoms with Crippen molar-refractivity contribution >= 4 is 16.8 Å². The predicted octanol–water partition coefficient (Wildman–Crippen LogP) is 7.07. The summed E-state index contributed by atoms with van der Waals surface area (Å²) in [5.74, 6) is 0.693. The van der Waals surface area contributed by atoms with E-state index in [1.54, 1.807) is 11.7 Å². The van der Waals surface area contributed by atoms with E-state index in [0.717, 1.165) is 36.1 Å². The van der Waals surface area contributed by atoms with Crippen molar-refractivity contribution in [3.63, 3.8) is 0 Å². The molecule has 0 spiro atoms. The van der Waals surface area contributed by atoms with Crippen LogP contribution in [0.15, 0.2) is 47.3 Å². The van der Waals surface area contributed by atoms with E-state index < -0.39 is 0 Å². The summed E-state index contributed by atoms with van der Waals surface area (Å²) in [5.41, 5.74) is 3.58. The summed E-state index contributed by atoms with van der Waals surface area (Å²) in [6.07, 6.45) is 9.38. The summed E-state index contributed by atoms with van der Waals surface area (Å²) in [6, 6.07) is 13.1. The molecule has 0 saturated carbocycles. The molecule has 0 aliphatic carbocycles. The molecule has 1 unspecified atom stereocenters. The fourth-order valence-electron chi connectivity index (χ4n) is 4.97. The Hall–Kier alpha value is -2.99. The highest BCUT2D eigenvalue weighted by Crippen LogP contribution is 2.25. The van der Waals surface area contributed by atoms with Gasteiger partial charge < -0.3 is 9.64 Å². The summed E-state index contributed by atoms with van der Waals surface area (Å²) in [5, 5.41) is 0.571. The first-order chi connectivity index (χ1) is 18.4. The fraction of sp³-hybridized carbons (Fsp3) is 0.531. The van der Waals surface area contributed by atoms with Crippen LogP contribution in [0.2, 0.25) is 0 Å². The van der Waals surface area contributed by atoms with Gasteiger partial charge in [0.2, 0.25) is 5.91 Å². The molecule has 3 aromatic rings. The van der Waals surface area contributed by atoms with Crippen LogP contribution in [-0.2, 0) is 9.53 Å². The minimum absolute atomic E-state index is 0.108. The minimum atomic E-state index is -0.372. The van der Waals surface area contributed by atoms with Crippen LogP contribution >= 0.6 is 0 Å². The third-order valence-corrected chi connectivity index (χ3v) is 7.45. The SMILES string of the molecule is CCCCCCCCCC(=O)N(CCCOC)C(C)c1nc2ccccc2c(=O)n1-c1ccc(C)c(C)c1. The molecule has 1 heterocycles. The van der Waals surface area contributed by atoms with E-state index in [1.807, 2.05) is 61.2 Å². The summed E-state index contributed by atoms with van der Waals surface area (Å²) in [4.78, 5) is 34.2. The van der Waals surface area contributed by atoms with Gasteiger partial charge in [-0.1, -0.05) is 63.6 Å². The van der Waals surface area contributed by atoms with Gasteiger partial charge in [0.15, 0.2) is 0 Å². The maximum atomic E-state index is 13.8. The molecular formula is C32H45N3O3. The number of carbonyl (C=O) groups is 1. The number of ether oxygens (including phenoxy) is 1. The summed E-state index contributed by atoms with van der Waals surface area (Å²) in [6.45, 7) is 9.45. The molecule has 0 saturated heterocycles. The smallest absolute Gasteiger partial charge is 0.266 e. The average Bonchev–Trinajstić information content (AvgIpc) is 2.92. The third-order valence-electron chi connectivity index (χ3n) is 7.45. The highest BCUT2D eigenvalue weighted by molar-refractivity contribution is 5.79. The highest BCUT2D eigenvalue weighted by atomic mass is 16.5. The zero-order valence-corrected chi connectivity index (χ0v) is 24.0. The zero-order chi connectivity index (χ0) is 27.5. The first-order valence-corrected chi connectivity index (χ1v) is 14.3. The lowest BCUT2D eigenvalue weighted by atomic mass is 10.1. The molecular weight excluding hydrogens is 474 g/mol. The zero-order valence-electron chi connectivity index (χ0n) is 24.0. The van der Waals surface area contributed by atoms with Crippen LogP contribution in [-0.4, -0.2) is 40.6 Å². The first-order valence-electron chi connectivity index (χ1n) is 14.3. The monoisotopic (exact) mass is 519 g/mol. The number of rotatable bonds is 15. The predicted molar refractivity (Wildman–Crippen MR) is 156 cm³/mol. The normalized spacial score (nSPS) is 12.1. The number of carbonyl (C=O) groups excluding carboxylic acids is 1. The molecule has 1 amide bonds. The molecule has 1 atom stereocenters. The van der Waals surface area contributed by atoms with Crippen molar-refractivity contribution in [1.82, 2.24) is 14.5 Å².